The molecule has 4 aromatic carbocycles. The third-order valence-corrected chi connectivity index (χ3v) is 13.8. The van der Waals surface area contributed by atoms with E-state index in [1.165, 1.54) is 16.8 Å². The summed E-state index contributed by atoms with van der Waals surface area (Å²) >= 11 is 1.07. The van der Waals surface area contributed by atoms with Gasteiger partial charge >= 0.3 is 6.09 Å². The van der Waals surface area contributed by atoms with Gasteiger partial charge in [0, 0.05) is 65.3 Å². The molecule has 1 amide bonds. The van der Waals surface area contributed by atoms with Crippen molar-refractivity contribution in [3.63, 3.8) is 0 Å². The number of nitrogens with zero attached hydrogens (tertiary/aromatic N) is 3. The minimum absolute atomic E-state index is 0.284. The van der Waals surface area contributed by atoms with Crippen LogP contribution in [0.3, 0.4) is 0 Å². The van der Waals surface area contributed by atoms with E-state index < -0.39 is 16.2 Å². The van der Waals surface area contributed by atoms with Gasteiger partial charge in [-0.1, -0.05) is 116 Å². The van der Waals surface area contributed by atoms with Crippen LogP contribution in [0.5, 0.6) is 5.75 Å². The van der Waals surface area contributed by atoms with E-state index >= 15 is 0 Å². The van der Waals surface area contributed by atoms with Crippen molar-refractivity contribution < 1.29 is 41.7 Å². The largest absolute Gasteiger partial charge is 0.420 e. The molecular formula is C51H58N3O8S2+. The summed E-state index contributed by atoms with van der Waals surface area (Å²) < 4.78 is 45.6. The van der Waals surface area contributed by atoms with E-state index in [2.05, 4.69) is 107 Å². The molecule has 2 heterocycles. The van der Waals surface area contributed by atoms with Gasteiger partial charge in [0.25, 0.3) is 10.1 Å². The second kappa shape index (κ2) is 20.7. The molecule has 2 N–H and O–H groups in total. The minimum Gasteiger partial charge on any atom is -0.410 e. The molecule has 336 valence electrons. The Morgan fingerprint density at radius 2 is 1.50 bits per heavy atom. The van der Waals surface area contributed by atoms with Crippen LogP contribution in [0.25, 0.3) is 0 Å². The number of amides is 1. The van der Waals surface area contributed by atoms with Gasteiger partial charge in [0.1, 0.15) is 12.3 Å². The smallest absolute Gasteiger partial charge is 0.410 e. The molecule has 0 aromatic heterocycles. The number of ether oxygens (including phenoxy) is 1. The van der Waals surface area contributed by atoms with Crippen LogP contribution in [-0.4, -0.2) is 64.1 Å². The Balaban J connectivity index is 1.33. The highest BCUT2D eigenvalue weighted by atomic mass is 32.2. The molecule has 7 rings (SSSR count). The SMILES string of the molecule is CC1(C)C(=CC=C2CCC(C=CC3=[N+](CCCCS(=O)(=O)O)c4ccccc4C3(C)C)=C2N(Cc2ccccc2)C(=O)Oc2ccccc2)N(CCCCSOOO)c2ccccc21. The lowest BCUT2D eigenvalue weighted by molar-refractivity contribution is -0.438. The summed E-state index contributed by atoms with van der Waals surface area (Å²) in [4.78, 5) is 18.8. The highest BCUT2D eigenvalue weighted by Crippen LogP contribution is 2.48. The predicted octanol–water partition coefficient (Wildman–Crippen LogP) is 11.5. The Labute approximate surface area is 381 Å². The van der Waals surface area contributed by atoms with Gasteiger partial charge in [-0.15, -0.1) is 4.33 Å². The molecule has 13 heteroatoms. The first-order valence-corrected chi connectivity index (χ1v) is 24.4. The number of fused-ring (bicyclic) bond motifs is 2. The van der Waals surface area contributed by atoms with Gasteiger partial charge in [0.2, 0.25) is 5.69 Å². The molecular weight excluding hydrogens is 847 g/mol. The second-order valence-electron chi connectivity index (χ2n) is 17.3. The van der Waals surface area contributed by atoms with Gasteiger partial charge < -0.3 is 9.64 Å². The quantitative estimate of drug-likeness (QED) is 0.0234. The molecule has 4 aromatic rings. The molecule has 0 fully saturated rings. The number of benzene rings is 4. The maximum absolute atomic E-state index is 14.6. The van der Waals surface area contributed by atoms with Crippen molar-refractivity contribution in [1.29, 1.82) is 0 Å². The van der Waals surface area contributed by atoms with E-state index in [0.717, 1.165) is 70.9 Å². The van der Waals surface area contributed by atoms with E-state index in [0.29, 0.717) is 43.7 Å². The second-order valence-corrected chi connectivity index (χ2v) is 19.7. The Morgan fingerprint density at radius 1 is 0.812 bits per heavy atom. The molecule has 0 atom stereocenters. The van der Waals surface area contributed by atoms with Gasteiger partial charge in [0.15, 0.2) is 5.71 Å². The molecule has 0 saturated carbocycles. The lowest BCUT2D eigenvalue weighted by Crippen LogP contribution is -2.33. The maximum Gasteiger partial charge on any atom is 0.420 e. The van der Waals surface area contributed by atoms with Crippen LogP contribution in [0, 0.1) is 0 Å². The maximum atomic E-state index is 14.6. The Morgan fingerprint density at radius 3 is 2.23 bits per heavy atom. The van der Waals surface area contributed by atoms with Crippen LogP contribution >= 0.6 is 12.0 Å². The van der Waals surface area contributed by atoms with Crippen molar-refractivity contribution in [3.8, 4) is 5.75 Å². The summed E-state index contributed by atoms with van der Waals surface area (Å²) in [5, 5.41) is 12.3. The molecule has 64 heavy (non-hydrogen) atoms. The summed E-state index contributed by atoms with van der Waals surface area (Å²) in [6.07, 6.45) is 12.3. The minimum atomic E-state index is -4.07. The van der Waals surface area contributed by atoms with Crippen molar-refractivity contribution in [2.24, 2.45) is 0 Å². The van der Waals surface area contributed by atoms with Gasteiger partial charge in [0.05, 0.1) is 23.4 Å². The number of carbonyl (C=O) groups excluding carboxylic acids is 1. The Hall–Kier alpha value is -5.28. The van der Waals surface area contributed by atoms with Gasteiger partial charge in [-0.3, -0.25) is 9.45 Å². The first-order chi connectivity index (χ1) is 30.8. The average Bonchev–Trinajstić information content (AvgIpc) is 3.85. The van der Waals surface area contributed by atoms with E-state index in [-0.39, 0.29) is 23.1 Å². The molecule has 0 bridgehead atoms. The number of para-hydroxylation sites is 3. The highest BCUT2D eigenvalue weighted by molar-refractivity contribution is 7.94. The molecule has 1 aliphatic carbocycles. The number of anilines is 1. The van der Waals surface area contributed by atoms with Crippen molar-refractivity contribution in [2.75, 3.05) is 29.5 Å². The van der Waals surface area contributed by atoms with Crippen LogP contribution in [0.2, 0.25) is 0 Å². The van der Waals surface area contributed by atoms with Crippen molar-refractivity contribution >= 4 is 45.3 Å². The third kappa shape index (κ3) is 10.8. The Bertz CT molecular complexity index is 2570. The fraction of sp³-hybridized carbons (Fsp3) is 0.333. The molecule has 0 radical (unpaired) electrons. The van der Waals surface area contributed by atoms with Gasteiger partial charge in [-0.25, -0.2) is 10.1 Å². The molecule has 0 unspecified atom stereocenters. The molecule has 2 aliphatic heterocycles. The van der Waals surface area contributed by atoms with Crippen molar-refractivity contribution in [2.45, 2.75) is 83.6 Å². The first kappa shape index (κ1) is 46.7. The lowest BCUT2D eigenvalue weighted by atomic mass is 9.81. The zero-order valence-corrected chi connectivity index (χ0v) is 38.6. The number of hydrogen-bond acceptors (Lipinski definition) is 9. The first-order valence-electron chi connectivity index (χ1n) is 21.9. The van der Waals surface area contributed by atoms with E-state index in [1.54, 1.807) is 17.0 Å². The van der Waals surface area contributed by atoms with E-state index in [4.69, 9.17) is 9.99 Å². The third-order valence-electron chi connectivity index (χ3n) is 12.3. The molecule has 3 aliphatic rings. The van der Waals surface area contributed by atoms with Crippen molar-refractivity contribution in [3.05, 3.63) is 173 Å². The highest BCUT2D eigenvalue weighted by Gasteiger charge is 2.44. The van der Waals surface area contributed by atoms with Crippen LogP contribution in [-0.2, 0) is 36.9 Å². The topological polar surface area (TPSA) is 129 Å². The zero-order valence-electron chi connectivity index (χ0n) is 37.0. The number of carbonyl (C=O) groups is 1. The summed E-state index contributed by atoms with van der Waals surface area (Å²) in [5.74, 6) is 0.832. The van der Waals surface area contributed by atoms with Crippen LogP contribution in [0.4, 0.5) is 16.2 Å². The van der Waals surface area contributed by atoms with Crippen molar-refractivity contribution in [1.82, 2.24) is 4.90 Å². The fourth-order valence-electron chi connectivity index (χ4n) is 9.19. The number of hydrogen-bond donors (Lipinski definition) is 2. The number of allylic oxidation sites excluding steroid dienone is 7. The summed E-state index contributed by atoms with van der Waals surface area (Å²) in [7, 11) is -4.07. The molecule has 11 nitrogen and oxygen atoms in total. The summed E-state index contributed by atoms with van der Waals surface area (Å²) in [6.45, 7) is 10.5. The van der Waals surface area contributed by atoms with Gasteiger partial charge in [-0.05, 0) is 92.5 Å². The van der Waals surface area contributed by atoms with E-state index in [9.17, 15) is 17.8 Å². The molecule has 0 saturated heterocycles. The van der Waals surface area contributed by atoms with Gasteiger partial charge in [-0.2, -0.15) is 13.0 Å². The van der Waals surface area contributed by atoms with Crippen LogP contribution in [0.15, 0.2) is 156 Å². The standard InChI is InChI=1S/C51H57N3O8S2/c1-50(2)42-23-11-13-25-44(42)52(33-15-17-35-63-62-61-56)46(50)31-29-39-27-28-40(48(39)54(37-38-19-7-5-8-20-38)49(55)60-41-21-9-6-10-22-41)30-32-47-51(3,4)43-24-12-14-26-45(43)53(47)34-16-18-36-64(57,58)59/h5-14,19-26,29-32H,15-18,27-28,33-37H2,1-4H3,(H-,56,57,58,59)/p+1. The van der Waals surface area contributed by atoms with E-state index in [1.807, 2.05) is 60.7 Å². The monoisotopic (exact) mass is 904 g/mol. The van der Waals surface area contributed by atoms with Crippen LogP contribution in [0.1, 0.15) is 82.9 Å². The molecule has 0 spiro atoms. The number of rotatable bonds is 19. The number of unbranched alkanes of at least 4 members (excludes halogenated alkanes) is 2. The fourth-order valence-corrected chi connectivity index (χ4v) is 10.2. The predicted molar refractivity (Wildman–Crippen MR) is 254 cm³/mol. The average molecular weight is 905 g/mol. The zero-order chi connectivity index (χ0) is 45.3. The summed E-state index contributed by atoms with van der Waals surface area (Å²) in [5.41, 5.74) is 9.95. The summed E-state index contributed by atoms with van der Waals surface area (Å²) in [6, 6.07) is 35.9. The normalized spacial score (nSPS) is 17.8. The Kier molecular flexibility index (Phi) is 15.1. The lowest BCUT2D eigenvalue weighted by Gasteiger charge is -2.28. The van der Waals surface area contributed by atoms with Crippen LogP contribution < -0.4 is 9.64 Å².